The number of aryl methyl sites for hydroxylation is 1. The fourth-order valence-corrected chi connectivity index (χ4v) is 2.40. The highest BCUT2D eigenvalue weighted by Gasteiger charge is 2.11. The third-order valence-electron chi connectivity index (χ3n) is 3.65. The van der Waals surface area contributed by atoms with Gasteiger partial charge < -0.3 is 20.1 Å². The molecule has 0 unspecified atom stereocenters. The van der Waals surface area contributed by atoms with Gasteiger partial charge in [0.15, 0.2) is 5.96 Å². The van der Waals surface area contributed by atoms with Gasteiger partial charge in [0.05, 0.1) is 13.7 Å². The average molecular weight is 381 g/mol. The Balaban J connectivity index is 1.97. The van der Waals surface area contributed by atoms with Gasteiger partial charge in [-0.05, 0) is 37.6 Å². The molecule has 7 nitrogen and oxygen atoms in total. The van der Waals surface area contributed by atoms with Crippen LogP contribution in [0.3, 0.4) is 0 Å². The number of halogens is 2. The van der Waals surface area contributed by atoms with Crippen LogP contribution in [0.1, 0.15) is 18.9 Å². The Hall–Kier alpha value is -2.84. The van der Waals surface area contributed by atoms with Gasteiger partial charge in [0, 0.05) is 37.6 Å². The molecule has 0 spiro atoms. The van der Waals surface area contributed by atoms with E-state index in [9.17, 15) is 8.78 Å². The summed E-state index contributed by atoms with van der Waals surface area (Å²) in [5, 5.41) is 10.5. The summed E-state index contributed by atoms with van der Waals surface area (Å²) in [6.07, 6.45) is 4.52. The van der Waals surface area contributed by atoms with Crippen LogP contribution in [0.4, 0.5) is 8.78 Å². The predicted octanol–water partition coefficient (Wildman–Crippen LogP) is 2.64. The summed E-state index contributed by atoms with van der Waals surface area (Å²) in [6.45, 7) is 1.41. The maximum atomic E-state index is 12.6. The Morgan fingerprint density at radius 2 is 2.19 bits per heavy atom. The largest absolute Gasteiger partial charge is 0.497 e. The first-order chi connectivity index (χ1) is 13.1. The van der Waals surface area contributed by atoms with E-state index in [1.54, 1.807) is 18.3 Å². The van der Waals surface area contributed by atoms with Crippen LogP contribution in [0.25, 0.3) is 0 Å². The van der Waals surface area contributed by atoms with Crippen molar-refractivity contribution in [3.8, 4) is 11.5 Å². The Morgan fingerprint density at radius 3 is 2.85 bits per heavy atom. The summed E-state index contributed by atoms with van der Waals surface area (Å²) in [4.78, 5) is 4.45. The standard InChI is InChI=1S/C18H25F2N5O2/c1-3-21-18(22-8-4-10-25-11-5-9-24-25)23-13-14-12-15(26-2)6-7-16(14)27-17(19)20/h5-7,9,11-12,17H,3-4,8,10,13H2,1-2H3,(H2,21,22,23). The molecule has 1 aromatic heterocycles. The number of methoxy groups -OCH3 is 1. The second kappa shape index (κ2) is 11.0. The zero-order valence-electron chi connectivity index (χ0n) is 15.5. The van der Waals surface area contributed by atoms with Crippen molar-refractivity contribution in [1.29, 1.82) is 0 Å². The fraction of sp³-hybridized carbons (Fsp3) is 0.444. The van der Waals surface area contributed by atoms with Crippen LogP contribution in [-0.4, -0.2) is 42.6 Å². The van der Waals surface area contributed by atoms with Crippen molar-refractivity contribution in [2.75, 3.05) is 20.2 Å². The molecule has 0 aliphatic rings. The lowest BCUT2D eigenvalue weighted by atomic mass is 10.2. The van der Waals surface area contributed by atoms with E-state index in [1.165, 1.54) is 13.2 Å². The third kappa shape index (κ3) is 7.12. The van der Waals surface area contributed by atoms with Gasteiger partial charge in [0.1, 0.15) is 11.5 Å². The SMILES string of the molecule is CCNC(=NCc1cc(OC)ccc1OC(F)F)NCCCn1cccn1. The van der Waals surface area contributed by atoms with Crippen molar-refractivity contribution in [3.05, 3.63) is 42.2 Å². The van der Waals surface area contributed by atoms with Gasteiger partial charge in [0.25, 0.3) is 0 Å². The van der Waals surface area contributed by atoms with Crippen molar-refractivity contribution in [2.45, 2.75) is 33.0 Å². The number of hydrogen-bond acceptors (Lipinski definition) is 4. The number of rotatable bonds is 10. The summed E-state index contributed by atoms with van der Waals surface area (Å²) in [5.74, 6) is 1.24. The van der Waals surface area contributed by atoms with E-state index in [0.29, 0.717) is 30.4 Å². The van der Waals surface area contributed by atoms with Crippen LogP contribution in [0, 0.1) is 0 Å². The van der Waals surface area contributed by atoms with Crippen molar-refractivity contribution in [3.63, 3.8) is 0 Å². The molecule has 2 N–H and O–H groups in total. The van der Waals surface area contributed by atoms with Gasteiger partial charge in [-0.25, -0.2) is 4.99 Å². The van der Waals surface area contributed by atoms with Gasteiger partial charge in [-0.3, -0.25) is 4.68 Å². The minimum Gasteiger partial charge on any atom is -0.497 e. The lowest BCUT2D eigenvalue weighted by molar-refractivity contribution is -0.0504. The molecule has 0 saturated heterocycles. The fourth-order valence-electron chi connectivity index (χ4n) is 2.40. The minimum absolute atomic E-state index is 0.0871. The number of aromatic nitrogens is 2. The molecule has 0 amide bonds. The number of nitrogens with one attached hydrogen (secondary N) is 2. The molecule has 0 fully saturated rings. The molecule has 1 heterocycles. The first-order valence-electron chi connectivity index (χ1n) is 8.73. The van der Waals surface area contributed by atoms with E-state index in [4.69, 9.17) is 4.74 Å². The van der Waals surface area contributed by atoms with Crippen molar-refractivity contribution in [2.24, 2.45) is 4.99 Å². The monoisotopic (exact) mass is 381 g/mol. The molecule has 0 radical (unpaired) electrons. The van der Waals surface area contributed by atoms with Crippen LogP contribution in [-0.2, 0) is 13.1 Å². The molecule has 0 bridgehead atoms. The highest BCUT2D eigenvalue weighted by molar-refractivity contribution is 5.79. The first kappa shape index (κ1) is 20.5. The molecule has 9 heteroatoms. The second-order valence-corrected chi connectivity index (χ2v) is 5.60. The van der Waals surface area contributed by atoms with E-state index in [2.05, 4.69) is 25.5 Å². The van der Waals surface area contributed by atoms with Gasteiger partial charge >= 0.3 is 6.61 Å². The van der Waals surface area contributed by atoms with E-state index in [-0.39, 0.29) is 12.3 Å². The predicted molar refractivity (Wildman–Crippen MR) is 99.3 cm³/mol. The average Bonchev–Trinajstić information content (AvgIpc) is 3.17. The Bertz CT molecular complexity index is 708. The first-order valence-corrected chi connectivity index (χ1v) is 8.73. The molecule has 0 saturated carbocycles. The van der Waals surface area contributed by atoms with E-state index >= 15 is 0 Å². The molecule has 2 aromatic rings. The quantitative estimate of drug-likeness (QED) is 0.376. The van der Waals surface area contributed by atoms with Crippen molar-refractivity contribution < 1.29 is 18.3 Å². The lowest BCUT2D eigenvalue weighted by Crippen LogP contribution is -2.38. The molecule has 0 aliphatic heterocycles. The summed E-state index contributed by atoms with van der Waals surface area (Å²) in [5.41, 5.74) is 0.517. The van der Waals surface area contributed by atoms with Gasteiger partial charge in [0.2, 0.25) is 0 Å². The summed E-state index contributed by atoms with van der Waals surface area (Å²) in [7, 11) is 1.52. The van der Waals surface area contributed by atoms with Crippen molar-refractivity contribution >= 4 is 5.96 Å². The van der Waals surface area contributed by atoms with Crippen LogP contribution in [0.5, 0.6) is 11.5 Å². The van der Waals surface area contributed by atoms with Gasteiger partial charge in [-0.15, -0.1) is 0 Å². The molecular weight excluding hydrogens is 356 g/mol. The maximum Gasteiger partial charge on any atom is 0.387 e. The number of ether oxygens (including phenoxy) is 2. The van der Waals surface area contributed by atoms with Crippen LogP contribution in [0.15, 0.2) is 41.7 Å². The summed E-state index contributed by atoms with van der Waals surface area (Å²) < 4.78 is 36.8. The maximum absolute atomic E-state index is 12.6. The van der Waals surface area contributed by atoms with Crippen LogP contribution < -0.4 is 20.1 Å². The Kier molecular flexibility index (Phi) is 8.34. The smallest absolute Gasteiger partial charge is 0.387 e. The highest BCUT2D eigenvalue weighted by Crippen LogP contribution is 2.26. The van der Waals surface area contributed by atoms with Gasteiger partial charge in [-0.1, -0.05) is 0 Å². The molecule has 148 valence electrons. The third-order valence-corrected chi connectivity index (χ3v) is 3.65. The number of hydrogen-bond donors (Lipinski definition) is 2. The zero-order chi connectivity index (χ0) is 19.5. The molecule has 1 aromatic carbocycles. The van der Waals surface area contributed by atoms with Crippen LogP contribution in [0.2, 0.25) is 0 Å². The second-order valence-electron chi connectivity index (χ2n) is 5.60. The topological polar surface area (TPSA) is 72.7 Å². The lowest BCUT2D eigenvalue weighted by Gasteiger charge is -2.13. The van der Waals surface area contributed by atoms with Crippen molar-refractivity contribution in [1.82, 2.24) is 20.4 Å². The van der Waals surface area contributed by atoms with Crippen LogP contribution >= 0.6 is 0 Å². The Labute approximate surface area is 157 Å². The van der Waals surface area contributed by atoms with E-state index < -0.39 is 6.61 Å². The van der Waals surface area contributed by atoms with E-state index in [1.807, 2.05) is 23.9 Å². The van der Waals surface area contributed by atoms with E-state index in [0.717, 1.165) is 13.0 Å². The molecule has 0 atom stereocenters. The van der Waals surface area contributed by atoms with Gasteiger partial charge in [-0.2, -0.15) is 13.9 Å². The molecule has 0 aliphatic carbocycles. The number of benzene rings is 1. The normalized spacial score (nSPS) is 11.5. The number of alkyl halides is 2. The zero-order valence-corrected chi connectivity index (χ0v) is 15.5. The highest BCUT2D eigenvalue weighted by atomic mass is 19.3. The molecular formula is C18H25F2N5O2. The molecule has 27 heavy (non-hydrogen) atoms. The number of aliphatic imine (C=N–C) groups is 1. The number of nitrogens with zero attached hydrogens (tertiary/aromatic N) is 3. The Morgan fingerprint density at radius 1 is 1.33 bits per heavy atom. The minimum atomic E-state index is -2.89. The summed E-state index contributed by atoms with van der Waals surface area (Å²) in [6, 6.07) is 6.55. The molecule has 2 rings (SSSR count). The summed E-state index contributed by atoms with van der Waals surface area (Å²) >= 11 is 0. The number of guanidine groups is 1.